The minimum atomic E-state index is -4.33. The van der Waals surface area contributed by atoms with E-state index in [1.54, 1.807) is 6.92 Å². The molecule has 1 atom stereocenters. The number of hydrogen-bond acceptors (Lipinski definition) is 4. The van der Waals surface area contributed by atoms with Crippen LogP contribution < -0.4 is 0 Å². The second kappa shape index (κ2) is 22.1. The third-order valence-corrected chi connectivity index (χ3v) is 9.99. The Morgan fingerprint density at radius 2 is 1.20 bits per heavy atom. The third-order valence-electron chi connectivity index (χ3n) is 9.99. The molecule has 0 fully saturated rings. The molecule has 315 valence electrons. The van der Waals surface area contributed by atoms with Crippen LogP contribution in [0.4, 0.5) is 13.2 Å². The van der Waals surface area contributed by atoms with Crippen molar-refractivity contribution in [3.63, 3.8) is 0 Å². The summed E-state index contributed by atoms with van der Waals surface area (Å²) >= 11 is 0. The van der Waals surface area contributed by atoms with Crippen LogP contribution in [0, 0.1) is 58.6 Å². The van der Waals surface area contributed by atoms with Crippen LogP contribution in [0.3, 0.4) is 0 Å². The number of pyridine rings is 2. The van der Waals surface area contributed by atoms with Gasteiger partial charge in [0.1, 0.15) is 0 Å². The normalized spacial score (nSPS) is 13.0. The molecular weight excluding hydrogens is 922 g/mol. The van der Waals surface area contributed by atoms with E-state index in [0.717, 1.165) is 78.0 Å². The Labute approximate surface area is 368 Å². The minimum absolute atomic E-state index is 0. The quantitative estimate of drug-likeness (QED) is 0.0844. The number of halogens is 3. The number of carbonyl (C=O) groups excluding carboxylic acids is 1. The molecule has 1 N–H and O–H groups in total. The maximum Gasteiger partial charge on any atom is 0.389 e. The van der Waals surface area contributed by atoms with Crippen molar-refractivity contribution in [2.24, 2.45) is 11.8 Å². The number of carbonyl (C=O) groups is 1. The van der Waals surface area contributed by atoms with Gasteiger partial charge < -0.3 is 15.1 Å². The predicted molar refractivity (Wildman–Crippen MR) is 234 cm³/mol. The second-order valence-corrected chi connectivity index (χ2v) is 15.3. The van der Waals surface area contributed by atoms with Crippen molar-refractivity contribution in [2.75, 3.05) is 0 Å². The van der Waals surface area contributed by atoms with Gasteiger partial charge in [-0.2, -0.15) is 13.2 Å². The summed E-state index contributed by atoms with van der Waals surface area (Å²) in [5.74, 6) is -1.61. The fourth-order valence-corrected chi connectivity index (χ4v) is 6.87. The Bertz CT molecular complexity index is 2550. The first kappa shape index (κ1) is 42.5. The van der Waals surface area contributed by atoms with Crippen LogP contribution in [0.1, 0.15) is 105 Å². The van der Waals surface area contributed by atoms with Gasteiger partial charge in [-0.15, -0.1) is 69.8 Å². The van der Waals surface area contributed by atoms with Crippen molar-refractivity contribution in [1.82, 2.24) is 9.97 Å². The maximum absolute atomic E-state index is 12.3. The Kier molecular flexibility index (Phi) is 15.9. The first-order chi connectivity index (χ1) is 29.1. The first-order valence-corrected chi connectivity index (χ1v) is 19.9. The second-order valence-electron chi connectivity index (χ2n) is 15.3. The van der Waals surface area contributed by atoms with Crippen LogP contribution in [0.25, 0.3) is 44.1 Å². The van der Waals surface area contributed by atoms with Gasteiger partial charge in [0.05, 0.1) is 17.7 Å². The predicted octanol–water partition coefficient (Wildman–Crippen LogP) is 14.5. The molecule has 0 spiro atoms. The van der Waals surface area contributed by atoms with Crippen LogP contribution >= 0.6 is 0 Å². The molecule has 0 saturated heterocycles. The zero-order valence-electron chi connectivity index (χ0n) is 39.6. The molecule has 8 heteroatoms. The van der Waals surface area contributed by atoms with Crippen LogP contribution in [0.5, 0.6) is 0 Å². The number of rotatable bonds is 10. The number of hydrogen-bond donors (Lipinski definition) is 1. The molecule has 6 aromatic rings. The number of benzene rings is 4. The average molecular weight is 983 g/mol. The van der Waals surface area contributed by atoms with Crippen LogP contribution in [0.2, 0.25) is 0 Å². The third kappa shape index (κ3) is 14.0. The monoisotopic (exact) mass is 983 g/mol. The van der Waals surface area contributed by atoms with Crippen LogP contribution in [0.15, 0.2) is 96.9 Å². The molecule has 0 bridgehead atoms. The molecule has 4 aromatic carbocycles. The number of nitrogens with zero attached hydrogens (tertiary/aromatic N) is 2. The molecule has 0 aliphatic rings. The Hall–Kier alpha value is -4.65. The topological polar surface area (TPSA) is 63.1 Å². The van der Waals surface area contributed by atoms with Crippen molar-refractivity contribution < 1.29 is 48.7 Å². The molecule has 0 aliphatic heterocycles. The summed E-state index contributed by atoms with van der Waals surface area (Å²) in [5.41, 5.74) is 9.89. The summed E-state index contributed by atoms with van der Waals surface area (Å²) in [5, 5.41) is 13.0. The van der Waals surface area contributed by atoms with Gasteiger partial charge in [-0.25, -0.2) is 0 Å². The number of allylic oxidation sites excluding steroid dienone is 2. The number of fused-ring (bicyclic) bond motifs is 2. The molecule has 0 saturated carbocycles. The molecular formula is C51H57F3IrN2O2-2. The number of aliphatic hydroxyl groups excluding tert-OH is 1. The summed E-state index contributed by atoms with van der Waals surface area (Å²) in [6.07, 6.45) is -3.04. The SMILES string of the molecule is CCC(CC)C(=O)/C=C(\O)C(CC)CC(F)(F)F.[2H]c1nc(-c2[c-]c(C)cc(C)c2)c2ccc(C(C)C)cc2c1[2H].[2H]c1nc(-c2[c-]c(C)cc(C)c2)c2ccc(C)cc2c1[2H].[Ir]. The van der Waals surface area contributed by atoms with Gasteiger partial charge >= 0.3 is 6.18 Å². The van der Waals surface area contributed by atoms with E-state index in [2.05, 4.69) is 54.1 Å². The average Bonchev–Trinajstić information content (AvgIpc) is 3.19. The number of ketones is 1. The molecule has 0 amide bonds. The summed E-state index contributed by atoms with van der Waals surface area (Å²) in [6, 6.07) is 27.3. The van der Waals surface area contributed by atoms with Gasteiger partial charge in [0.15, 0.2) is 5.78 Å². The van der Waals surface area contributed by atoms with Gasteiger partial charge in [-0.1, -0.05) is 104 Å². The van der Waals surface area contributed by atoms with Crippen molar-refractivity contribution >= 4 is 27.3 Å². The molecule has 4 nitrogen and oxygen atoms in total. The van der Waals surface area contributed by atoms with E-state index in [1.807, 2.05) is 90.9 Å². The Morgan fingerprint density at radius 1 is 0.729 bits per heavy atom. The molecule has 1 unspecified atom stereocenters. The van der Waals surface area contributed by atoms with Gasteiger partial charge in [0, 0.05) is 50.4 Å². The summed E-state index contributed by atoms with van der Waals surface area (Å²) in [7, 11) is 0. The molecule has 2 heterocycles. The van der Waals surface area contributed by atoms with Crippen molar-refractivity contribution in [3.8, 4) is 22.5 Å². The molecule has 59 heavy (non-hydrogen) atoms. The zero-order valence-corrected chi connectivity index (χ0v) is 38.0. The minimum Gasteiger partial charge on any atom is -0.512 e. The Morgan fingerprint density at radius 3 is 1.64 bits per heavy atom. The number of aliphatic hydroxyl groups is 1. The fourth-order valence-electron chi connectivity index (χ4n) is 6.87. The largest absolute Gasteiger partial charge is 0.512 e. The smallest absolute Gasteiger partial charge is 0.389 e. The van der Waals surface area contributed by atoms with Crippen LogP contribution in [-0.2, 0) is 24.9 Å². The summed E-state index contributed by atoms with van der Waals surface area (Å²) in [4.78, 5) is 20.4. The molecule has 0 aliphatic carbocycles. The van der Waals surface area contributed by atoms with Gasteiger partial charge in [0.25, 0.3) is 0 Å². The standard InChI is InChI=1S/C20H20N.C18H16N.C13H21F3O2.Ir/c1-13(2)16-5-6-19-17(12-16)7-8-21-20(19)18-10-14(3)9-15(4)11-18;1-12-4-5-17-15(9-12)6-7-19-18(17)16-10-13(2)8-14(3)11-16;1-4-9(5-2)11(17)7-12(18)10(6-3)8-13(14,15)16;/h5-10,12-13H,1-4H3;4-10H,1-3H3;7,9-10,18H,4-6,8H2,1-3H3;/q2*-1;;/b;;12-7-;/i7D,8D;6D,7D;;. The number of aryl methyl sites for hydroxylation is 5. The number of aromatic nitrogens is 2. The van der Waals surface area contributed by atoms with Crippen LogP contribution in [-0.4, -0.2) is 27.0 Å². The van der Waals surface area contributed by atoms with Crippen molar-refractivity contribution in [2.45, 2.75) is 107 Å². The number of alkyl halides is 3. The van der Waals surface area contributed by atoms with Gasteiger partial charge in [-0.3, -0.25) is 4.79 Å². The van der Waals surface area contributed by atoms with Gasteiger partial charge in [-0.05, 0) is 82.7 Å². The maximum atomic E-state index is 12.3. The van der Waals surface area contributed by atoms with Gasteiger partial charge in [0.2, 0.25) is 0 Å². The zero-order chi connectivity index (χ0) is 46.2. The van der Waals surface area contributed by atoms with E-state index in [9.17, 15) is 23.1 Å². The molecule has 6 rings (SSSR count). The summed E-state index contributed by atoms with van der Waals surface area (Å²) < 4.78 is 69.1. The first-order valence-electron chi connectivity index (χ1n) is 21.9. The van der Waals surface area contributed by atoms with E-state index < -0.39 is 24.3 Å². The van der Waals surface area contributed by atoms with E-state index >= 15 is 0 Å². The fraction of sp³-hybridized carbons (Fsp3) is 0.353. The molecule has 2 aromatic heterocycles. The van der Waals surface area contributed by atoms with Crippen molar-refractivity contribution in [3.05, 3.63) is 142 Å². The molecule has 1 radical (unpaired) electrons. The van der Waals surface area contributed by atoms with Crippen molar-refractivity contribution in [1.29, 1.82) is 0 Å². The van der Waals surface area contributed by atoms with E-state index in [-0.39, 0.29) is 62.7 Å². The summed E-state index contributed by atoms with van der Waals surface area (Å²) in [6.45, 7) is 19.6. The van der Waals surface area contributed by atoms with E-state index in [0.29, 0.717) is 18.8 Å². The Balaban J connectivity index is 0.000000252. The van der Waals surface area contributed by atoms with E-state index in [4.69, 9.17) is 5.48 Å². The van der Waals surface area contributed by atoms with E-state index in [1.165, 1.54) is 5.56 Å².